The van der Waals surface area contributed by atoms with Gasteiger partial charge in [-0.2, -0.15) is 0 Å². The maximum atomic E-state index is 12.5. The number of aromatic amines is 1. The molecule has 1 aliphatic rings. The minimum Gasteiger partial charge on any atom is -0.484 e. The van der Waals surface area contributed by atoms with Gasteiger partial charge in [-0.1, -0.05) is 23.2 Å². The van der Waals surface area contributed by atoms with Gasteiger partial charge in [0.2, 0.25) is 0 Å². The van der Waals surface area contributed by atoms with Crippen LogP contribution in [0.3, 0.4) is 0 Å². The van der Waals surface area contributed by atoms with Gasteiger partial charge in [0.05, 0.1) is 21.6 Å². The topological polar surface area (TPSA) is 90.6 Å². The van der Waals surface area contributed by atoms with Crippen LogP contribution in [0.4, 0.5) is 11.4 Å². The molecule has 1 amide bonds. The Bertz CT molecular complexity index is 1490. The second kappa shape index (κ2) is 10.6. The Labute approximate surface area is 219 Å². The van der Waals surface area contributed by atoms with E-state index in [1.807, 2.05) is 37.3 Å². The zero-order valence-electron chi connectivity index (χ0n) is 20.8. The molecule has 2 N–H and O–H groups in total. The molecule has 9 heteroatoms. The lowest BCUT2D eigenvalue weighted by molar-refractivity contribution is -0.118. The third-order valence-corrected chi connectivity index (χ3v) is 6.74. The summed E-state index contributed by atoms with van der Waals surface area (Å²) in [5, 5.41) is 4.00. The average Bonchev–Trinajstić information content (AvgIpc) is 2.89. The molecule has 190 valence electrons. The first-order valence-electron chi connectivity index (χ1n) is 12.1. The fourth-order valence-corrected chi connectivity index (χ4v) is 4.63. The normalized spacial score (nSPS) is 14.1. The lowest BCUT2D eigenvalue weighted by Gasteiger charge is -2.34. The molecule has 0 radical (unpaired) electrons. The molecule has 0 aliphatic carbocycles. The number of carbonyl (C=O) groups is 1. The minimum absolute atomic E-state index is 0.151. The number of nitrogens with zero attached hydrogens (tertiary/aromatic N) is 3. The summed E-state index contributed by atoms with van der Waals surface area (Å²) in [4.78, 5) is 36.9. The lowest BCUT2D eigenvalue weighted by atomic mass is 10.1. The van der Waals surface area contributed by atoms with Crippen molar-refractivity contribution in [3.63, 3.8) is 0 Å². The van der Waals surface area contributed by atoms with Crippen molar-refractivity contribution in [1.29, 1.82) is 0 Å². The van der Waals surface area contributed by atoms with Crippen LogP contribution in [0.15, 0.2) is 65.5 Å². The number of halogens is 1. The third-order valence-electron chi connectivity index (χ3n) is 6.43. The Morgan fingerprint density at radius 2 is 1.81 bits per heavy atom. The van der Waals surface area contributed by atoms with Crippen molar-refractivity contribution in [2.45, 2.75) is 6.92 Å². The van der Waals surface area contributed by atoms with Gasteiger partial charge in [-0.3, -0.25) is 9.59 Å². The number of amides is 1. The van der Waals surface area contributed by atoms with E-state index in [0.29, 0.717) is 33.2 Å². The highest BCUT2D eigenvalue weighted by molar-refractivity contribution is 6.33. The highest BCUT2D eigenvalue weighted by Gasteiger charge is 2.17. The molecule has 5 rings (SSSR count). The molecule has 0 bridgehead atoms. The van der Waals surface area contributed by atoms with Crippen LogP contribution >= 0.6 is 11.6 Å². The molecular weight excluding hydrogens is 490 g/mol. The first-order valence-corrected chi connectivity index (χ1v) is 12.5. The van der Waals surface area contributed by atoms with Crippen LogP contribution in [0.5, 0.6) is 5.75 Å². The Kier molecular flexibility index (Phi) is 7.12. The molecule has 1 aromatic heterocycles. The molecule has 2 heterocycles. The van der Waals surface area contributed by atoms with Crippen LogP contribution in [-0.4, -0.2) is 60.6 Å². The van der Waals surface area contributed by atoms with Crippen LogP contribution < -0.4 is 20.5 Å². The number of hydrogen-bond acceptors (Lipinski definition) is 6. The van der Waals surface area contributed by atoms with Gasteiger partial charge in [0.25, 0.3) is 11.5 Å². The van der Waals surface area contributed by atoms with Crippen molar-refractivity contribution >= 4 is 39.8 Å². The van der Waals surface area contributed by atoms with Crippen molar-refractivity contribution in [1.82, 2.24) is 14.9 Å². The average molecular weight is 518 g/mol. The van der Waals surface area contributed by atoms with E-state index in [-0.39, 0.29) is 18.1 Å². The number of ether oxygens (including phenoxy) is 1. The lowest BCUT2D eigenvalue weighted by Crippen LogP contribution is -2.44. The fourth-order valence-electron chi connectivity index (χ4n) is 4.33. The summed E-state index contributed by atoms with van der Waals surface area (Å²) >= 11 is 6.50. The highest BCUT2D eigenvalue weighted by atomic mass is 35.5. The second-order valence-electron chi connectivity index (χ2n) is 9.25. The van der Waals surface area contributed by atoms with E-state index in [2.05, 4.69) is 32.1 Å². The Balaban J connectivity index is 1.18. The SMILES string of the molecule is Cc1ccc2nc(-c3ccc(OCC(=O)Nc4ccc(N5CCN(C)CC5)c(Cl)c4)cc3)[nH]c(=O)c2c1. The quantitative estimate of drug-likeness (QED) is 0.396. The van der Waals surface area contributed by atoms with Crippen LogP contribution in [0.25, 0.3) is 22.3 Å². The Hall–Kier alpha value is -3.88. The molecule has 37 heavy (non-hydrogen) atoms. The number of nitrogens with one attached hydrogen (secondary N) is 2. The van der Waals surface area contributed by atoms with E-state index >= 15 is 0 Å². The monoisotopic (exact) mass is 517 g/mol. The number of fused-ring (bicyclic) bond motifs is 1. The smallest absolute Gasteiger partial charge is 0.262 e. The maximum Gasteiger partial charge on any atom is 0.262 e. The van der Waals surface area contributed by atoms with E-state index in [9.17, 15) is 9.59 Å². The van der Waals surface area contributed by atoms with Gasteiger partial charge in [0, 0.05) is 37.4 Å². The van der Waals surface area contributed by atoms with Gasteiger partial charge in [0.15, 0.2) is 6.61 Å². The predicted octanol–water partition coefficient (Wildman–Crippen LogP) is 4.32. The summed E-state index contributed by atoms with van der Waals surface area (Å²) < 4.78 is 5.65. The van der Waals surface area contributed by atoms with E-state index in [1.54, 1.807) is 30.3 Å². The minimum atomic E-state index is -0.289. The van der Waals surface area contributed by atoms with E-state index < -0.39 is 0 Å². The van der Waals surface area contributed by atoms with Gasteiger partial charge in [-0.25, -0.2) is 4.98 Å². The number of aryl methyl sites for hydroxylation is 1. The maximum absolute atomic E-state index is 12.5. The van der Waals surface area contributed by atoms with Gasteiger partial charge in [-0.05, 0) is 68.6 Å². The molecule has 0 unspecified atom stereocenters. The zero-order chi connectivity index (χ0) is 25.9. The molecule has 0 saturated carbocycles. The molecular formula is C28H28ClN5O3. The van der Waals surface area contributed by atoms with E-state index in [1.165, 1.54) is 0 Å². The van der Waals surface area contributed by atoms with Crippen molar-refractivity contribution in [3.8, 4) is 17.1 Å². The summed E-state index contributed by atoms with van der Waals surface area (Å²) in [5.41, 5.74) is 3.79. The first-order chi connectivity index (χ1) is 17.9. The first kappa shape index (κ1) is 24.8. The number of rotatable bonds is 6. The van der Waals surface area contributed by atoms with Crippen molar-refractivity contribution in [2.75, 3.05) is 50.1 Å². The van der Waals surface area contributed by atoms with Crippen molar-refractivity contribution in [3.05, 3.63) is 81.6 Å². The number of carbonyl (C=O) groups excluding carboxylic acids is 1. The largest absolute Gasteiger partial charge is 0.484 e. The Morgan fingerprint density at radius 1 is 1.05 bits per heavy atom. The van der Waals surface area contributed by atoms with Crippen LogP contribution in [0.2, 0.25) is 5.02 Å². The van der Waals surface area contributed by atoms with Crippen LogP contribution in [0, 0.1) is 6.92 Å². The standard InChI is InChI=1S/C28H28ClN5O3/c1-18-3-9-24-22(15-18)28(36)32-27(31-24)19-4-7-21(8-5-19)37-17-26(35)30-20-6-10-25(23(29)16-20)34-13-11-33(2)12-14-34/h3-10,15-16H,11-14,17H2,1-2H3,(H,30,35)(H,31,32,36). The second-order valence-corrected chi connectivity index (χ2v) is 9.66. The summed E-state index contributed by atoms with van der Waals surface area (Å²) in [6, 6.07) is 18.2. The summed E-state index contributed by atoms with van der Waals surface area (Å²) in [7, 11) is 2.11. The van der Waals surface area contributed by atoms with Crippen molar-refractivity contribution in [2.24, 2.45) is 0 Å². The number of hydrogen-bond donors (Lipinski definition) is 2. The number of aromatic nitrogens is 2. The fraction of sp³-hybridized carbons (Fsp3) is 0.250. The molecule has 0 spiro atoms. The molecule has 1 aliphatic heterocycles. The summed E-state index contributed by atoms with van der Waals surface area (Å²) in [5.74, 6) is 0.715. The van der Waals surface area contributed by atoms with E-state index in [4.69, 9.17) is 16.3 Å². The highest BCUT2D eigenvalue weighted by Crippen LogP contribution is 2.29. The van der Waals surface area contributed by atoms with Gasteiger partial charge in [-0.15, -0.1) is 0 Å². The number of likely N-dealkylation sites (N-methyl/N-ethyl adjacent to an activating group) is 1. The van der Waals surface area contributed by atoms with Gasteiger partial charge in [0.1, 0.15) is 11.6 Å². The van der Waals surface area contributed by atoms with Crippen molar-refractivity contribution < 1.29 is 9.53 Å². The molecule has 0 atom stereocenters. The predicted molar refractivity (Wildman–Crippen MR) is 148 cm³/mol. The van der Waals surface area contributed by atoms with Gasteiger partial charge >= 0.3 is 0 Å². The summed E-state index contributed by atoms with van der Waals surface area (Å²) in [6.45, 7) is 5.60. The van der Waals surface area contributed by atoms with E-state index in [0.717, 1.165) is 43.0 Å². The van der Waals surface area contributed by atoms with Crippen LogP contribution in [0.1, 0.15) is 5.56 Å². The van der Waals surface area contributed by atoms with Crippen LogP contribution in [-0.2, 0) is 4.79 Å². The number of benzene rings is 3. The molecule has 1 fully saturated rings. The number of piperazine rings is 1. The molecule has 8 nitrogen and oxygen atoms in total. The molecule has 3 aromatic carbocycles. The van der Waals surface area contributed by atoms with Gasteiger partial charge < -0.3 is 24.8 Å². The zero-order valence-corrected chi connectivity index (χ0v) is 21.5. The molecule has 1 saturated heterocycles. The number of H-pyrrole nitrogens is 1. The third kappa shape index (κ3) is 5.76. The Morgan fingerprint density at radius 3 is 2.54 bits per heavy atom. The molecule has 4 aromatic rings. The number of anilines is 2. The summed E-state index contributed by atoms with van der Waals surface area (Å²) in [6.07, 6.45) is 0.